The van der Waals surface area contributed by atoms with Crippen LogP contribution in [-0.4, -0.2) is 23.9 Å². The summed E-state index contributed by atoms with van der Waals surface area (Å²) in [5.74, 6) is -1.43. The van der Waals surface area contributed by atoms with Gasteiger partial charge in [-0.05, 0) is 29.8 Å². The Bertz CT molecular complexity index is 1110. The van der Waals surface area contributed by atoms with Crippen molar-refractivity contribution < 1.29 is 19.2 Å². The highest BCUT2D eigenvalue weighted by atomic mass is 35.5. The van der Waals surface area contributed by atoms with Gasteiger partial charge >= 0.3 is 5.97 Å². The first-order valence-electron chi connectivity index (χ1n) is 8.03. The van der Waals surface area contributed by atoms with Gasteiger partial charge in [0.25, 0.3) is 11.6 Å². The van der Waals surface area contributed by atoms with E-state index in [1.807, 2.05) is 0 Å². The Hall–Kier alpha value is -2.94. The molecule has 0 radical (unpaired) electrons. The highest BCUT2D eigenvalue weighted by Crippen LogP contribution is 2.37. The lowest BCUT2D eigenvalue weighted by molar-refractivity contribution is -0.385. The minimum absolute atomic E-state index is 0.137. The van der Waals surface area contributed by atoms with Gasteiger partial charge in [-0.2, -0.15) is 0 Å². The number of nitro groups is 1. The van der Waals surface area contributed by atoms with E-state index in [9.17, 15) is 19.7 Å². The van der Waals surface area contributed by atoms with Gasteiger partial charge in [0.15, 0.2) is 0 Å². The van der Waals surface area contributed by atoms with Crippen LogP contribution in [0.5, 0.6) is 0 Å². The number of hydrogen-bond donors (Lipinski definition) is 1. The summed E-state index contributed by atoms with van der Waals surface area (Å²) in [7, 11) is 1.22. The van der Waals surface area contributed by atoms with Gasteiger partial charge < -0.3 is 10.1 Å². The molecule has 1 amide bonds. The van der Waals surface area contributed by atoms with Crippen LogP contribution in [0.2, 0.25) is 10.0 Å². The first-order valence-corrected chi connectivity index (χ1v) is 9.66. The lowest BCUT2D eigenvalue weighted by atomic mass is 10.0. The van der Waals surface area contributed by atoms with Crippen molar-refractivity contribution >= 4 is 57.1 Å². The normalized spacial score (nSPS) is 10.4. The van der Waals surface area contributed by atoms with Gasteiger partial charge in [-0.3, -0.25) is 14.9 Å². The fourth-order valence-electron chi connectivity index (χ4n) is 2.62. The number of ether oxygens (including phenoxy) is 1. The molecule has 3 aromatic rings. The fraction of sp³-hybridized carbons (Fsp3) is 0.0526. The number of carbonyl (C=O) groups excluding carboxylic acids is 2. The third kappa shape index (κ3) is 4.40. The monoisotopic (exact) mass is 450 g/mol. The summed E-state index contributed by atoms with van der Waals surface area (Å²) in [4.78, 5) is 35.6. The number of nitrogens with zero attached hydrogens (tertiary/aromatic N) is 1. The molecule has 0 saturated heterocycles. The number of halogens is 2. The molecule has 0 spiro atoms. The van der Waals surface area contributed by atoms with E-state index >= 15 is 0 Å². The molecular weight excluding hydrogens is 439 g/mol. The lowest BCUT2D eigenvalue weighted by Gasteiger charge is -2.08. The van der Waals surface area contributed by atoms with E-state index in [2.05, 4.69) is 5.32 Å². The zero-order valence-electron chi connectivity index (χ0n) is 14.8. The van der Waals surface area contributed by atoms with Gasteiger partial charge in [-0.15, -0.1) is 11.3 Å². The van der Waals surface area contributed by atoms with E-state index in [0.29, 0.717) is 16.1 Å². The summed E-state index contributed by atoms with van der Waals surface area (Å²) in [5, 5.41) is 16.4. The topological polar surface area (TPSA) is 98.5 Å². The molecule has 0 bridgehead atoms. The SMILES string of the molecule is COC(=O)c1c(-c2ccc(Cl)cc2)csc1NC(=O)c1cc(Cl)ccc1[N+](=O)[O-]. The van der Waals surface area contributed by atoms with Gasteiger partial charge in [-0.1, -0.05) is 35.3 Å². The summed E-state index contributed by atoms with van der Waals surface area (Å²) in [5.41, 5.74) is 0.744. The maximum absolute atomic E-state index is 12.7. The summed E-state index contributed by atoms with van der Waals surface area (Å²) in [6.07, 6.45) is 0. The molecule has 0 aliphatic carbocycles. The molecular formula is C19H12Cl2N2O5S. The standard InChI is InChI=1S/C19H12Cl2N2O5S/c1-28-19(25)16-14(10-2-4-11(20)5-3-10)9-29-18(16)22-17(24)13-8-12(21)6-7-15(13)23(26)27/h2-9H,1H3,(H,22,24). The number of hydrogen-bond acceptors (Lipinski definition) is 6. The van der Waals surface area contributed by atoms with Crippen molar-refractivity contribution in [1.82, 2.24) is 0 Å². The highest BCUT2D eigenvalue weighted by Gasteiger charge is 2.26. The van der Waals surface area contributed by atoms with Gasteiger partial charge in [-0.25, -0.2) is 4.79 Å². The summed E-state index contributed by atoms with van der Waals surface area (Å²) in [6, 6.07) is 10.5. The summed E-state index contributed by atoms with van der Waals surface area (Å²) < 4.78 is 4.85. The van der Waals surface area contributed by atoms with Crippen molar-refractivity contribution in [1.29, 1.82) is 0 Å². The predicted octanol–water partition coefficient (Wildman–Crippen LogP) is 5.67. The first-order chi connectivity index (χ1) is 13.8. The number of thiophene rings is 1. The minimum atomic E-state index is -0.770. The zero-order valence-corrected chi connectivity index (χ0v) is 17.1. The van der Waals surface area contributed by atoms with Crippen molar-refractivity contribution in [2.75, 3.05) is 12.4 Å². The van der Waals surface area contributed by atoms with Gasteiger partial charge in [0.05, 0.1) is 12.0 Å². The lowest BCUT2D eigenvalue weighted by Crippen LogP contribution is -2.15. The average Bonchev–Trinajstić information content (AvgIpc) is 3.11. The summed E-state index contributed by atoms with van der Waals surface area (Å²) >= 11 is 12.9. The second-order valence-electron chi connectivity index (χ2n) is 5.72. The number of esters is 1. The van der Waals surface area contributed by atoms with E-state index < -0.39 is 22.5 Å². The molecule has 1 aromatic heterocycles. The van der Waals surface area contributed by atoms with Crippen molar-refractivity contribution in [3.63, 3.8) is 0 Å². The molecule has 2 aromatic carbocycles. The molecule has 0 unspecified atom stereocenters. The molecule has 0 saturated carbocycles. The van der Waals surface area contributed by atoms with Gasteiger partial charge in [0.2, 0.25) is 0 Å². The van der Waals surface area contributed by atoms with Crippen molar-refractivity contribution in [3.8, 4) is 11.1 Å². The Balaban J connectivity index is 2.03. The average molecular weight is 451 g/mol. The second-order valence-corrected chi connectivity index (χ2v) is 7.48. The number of carbonyl (C=O) groups is 2. The Kier molecular flexibility index (Phi) is 6.17. The predicted molar refractivity (Wildman–Crippen MR) is 112 cm³/mol. The molecule has 10 heteroatoms. The molecule has 1 heterocycles. The van der Waals surface area contributed by atoms with Crippen LogP contribution >= 0.6 is 34.5 Å². The van der Waals surface area contributed by atoms with Crippen molar-refractivity contribution in [2.24, 2.45) is 0 Å². The van der Waals surface area contributed by atoms with E-state index in [0.717, 1.165) is 17.4 Å². The van der Waals surface area contributed by atoms with Gasteiger partial charge in [0.1, 0.15) is 16.1 Å². The Morgan fingerprint density at radius 2 is 1.76 bits per heavy atom. The minimum Gasteiger partial charge on any atom is -0.465 e. The number of anilines is 1. The Labute approximate surface area is 179 Å². The third-order valence-electron chi connectivity index (χ3n) is 3.96. The Morgan fingerprint density at radius 3 is 2.38 bits per heavy atom. The molecule has 29 heavy (non-hydrogen) atoms. The van der Waals surface area contributed by atoms with Crippen LogP contribution in [-0.2, 0) is 4.74 Å². The fourth-order valence-corrected chi connectivity index (χ4v) is 3.87. The van der Waals surface area contributed by atoms with Crippen molar-refractivity contribution in [3.05, 3.63) is 79.1 Å². The van der Waals surface area contributed by atoms with Crippen LogP contribution in [0.25, 0.3) is 11.1 Å². The molecule has 0 fully saturated rings. The molecule has 148 valence electrons. The number of nitro benzene ring substituents is 1. The number of rotatable bonds is 5. The number of benzene rings is 2. The van der Waals surface area contributed by atoms with Crippen LogP contribution in [0.1, 0.15) is 20.7 Å². The summed E-state index contributed by atoms with van der Waals surface area (Å²) in [6.45, 7) is 0. The number of methoxy groups -OCH3 is 1. The molecule has 7 nitrogen and oxygen atoms in total. The quantitative estimate of drug-likeness (QED) is 0.306. The highest BCUT2D eigenvalue weighted by molar-refractivity contribution is 7.15. The van der Waals surface area contributed by atoms with E-state index in [1.165, 1.54) is 19.2 Å². The molecule has 3 rings (SSSR count). The smallest absolute Gasteiger partial charge is 0.341 e. The van der Waals surface area contributed by atoms with Crippen LogP contribution in [0.15, 0.2) is 47.8 Å². The zero-order chi connectivity index (χ0) is 21.1. The maximum Gasteiger partial charge on any atom is 0.341 e. The first kappa shape index (κ1) is 20.8. The van der Waals surface area contributed by atoms with Crippen LogP contribution in [0.3, 0.4) is 0 Å². The maximum atomic E-state index is 12.7. The largest absolute Gasteiger partial charge is 0.465 e. The molecule has 0 aliphatic heterocycles. The van der Waals surface area contributed by atoms with Crippen LogP contribution < -0.4 is 5.32 Å². The third-order valence-corrected chi connectivity index (χ3v) is 5.35. The Morgan fingerprint density at radius 1 is 1.10 bits per heavy atom. The van der Waals surface area contributed by atoms with Crippen LogP contribution in [0, 0.1) is 10.1 Å². The second kappa shape index (κ2) is 8.60. The molecule has 0 atom stereocenters. The van der Waals surface area contributed by atoms with E-state index in [1.54, 1.807) is 29.6 Å². The number of nitrogens with one attached hydrogen (secondary N) is 1. The molecule has 0 aliphatic rings. The number of amides is 1. The van der Waals surface area contributed by atoms with E-state index in [4.69, 9.17) is 27.9 Å². The van der Waals surface area contributed by atoms with Crippen LogP contribution in [0.4, 0.5) is 10.7 Å². The molecule has 1 N–H and O–H groups in total. The van der Waals surface area contributed by atoms with Gasteiger partial charge in [0, 0.05) is 27.1 Å². The van der Waals surface area contributed by atoms with E-state index in [-0.39, 0.29) is 21.2 Å². The van der Waals surface area contributed by atoms with Crippen molar-refractivity contribution in [2.45, 2.75) is 0 Å².